The molecule has 1 aromatic rings. The molecule has 1 atom stereocenters. The van der Waals surface area contributed by atoms with Gasteiger partial charge in [0.05, 0.1) is 0 Å². The van der Waals surface area contributed by atoms with Crippen LogP contribution in [0.2, 0.25) is 0 Å². The van der Waals surface area contributed by atoms with Crippen LogP contribution in [-0.2, 0) is 14.3 Å². The molecule has 3 nitrogen and oxygen atoms in total. The number of esters is 1. The number of hydrogen-bond donors (Lipinski definition) is 0. The van der Waals surface area contributed by atoms with Gasteiger partial charge >= 0.3 is 96.4 Å². The monoisotopic (exact) mass is 272 g/mol. The number of ether oxygens (including phenoxy) is 2. The molecule has 1 rings (SSSR count). The summed E-state index contributed by atoms with van der Waals surface area (Å²) in [4.78, 5) is 11.6. The first-order valence-electron chi connectivity index (χ1n) is 4.41. The van der Waals surface area contributed by atoms with Gasteiger partial charge in [-0.2, -0.15) is 0 Å². The normalized spacial score (nSPS) is 11.6. The zero-order valence-corrected chi connectivity index (χ0v) is 10.3. The number of carbonyl (C=O) groups is 1. The first-order valence-corrected chi connectivity index (χ1v) is 5.27. The average molecular weight is 271 g/mol. The van der Waals surface area contributed by atoms with Crippen LogP contribution in [-0.4, -0.2) is 40.4 Å². The van der Waals surface area contributed by atoms with Gasteiger partial charge in [0.15, 0.2) is 0 Å². The van der Waals surface area contributed by atoms with Crippen molar-refractivity contribution < 1.29 is 14.3 Å². The molecule has 1 unspecified atom stereocenters. The van der Waals surface area contributed by atoms with E-state index < -0.39 is 5.92 Å². The molecule has 0 heterocycles. The van der Waals surface area contributed by atoms with Crippen LogP contribution in [0.25, 0.3) is 0 Å². The molecule has 0 saturated heterocycles. The molecular formula is C11H12O3Se. The van der Waals surface area contributed by atoms with Crippen LogP contribution in [0.1, 0.15) is 11.5 Å². The van der Waals surface area contributed by atoms with E-state index in [-0.39, 0.29) is 5.97 Å². The summed E-state index contributed by atoms with van der Waals surface area (Å²) in [6.45, 7) is 0. The van der Waals surface area contributed by atoms with Crippen molar-refractivity contribution in [3.8, 4) is 0 Å². The van der Waals surface area contributed by atoms with Gasteiger partial charge in [-0.1, -0.05) is 0 Å². The van der Waals surface area contributed by atoms with Crippen molar-refractivity contribution in [2.45, 2.75) is 5.92 Å². The average Bonchev–Trinajstić information content (AvgIpc) is 2.30. The second kappa shape index (κ2) is 5.69. The fourth-order valence-corrected chi connectivity index (χ4v) is 1.74. The van der Waals surface area contributed by atoms with Crippen molar-refractivity contribution in [3.63, 3.8) is 0 Å². The van der Waals surface area contributed by atoms with E-state index >= 15 is 0 Å². The molecule has 0 aromatic heterocycles. The van der Waals surface area contributed by atoms with Crippen molar-refractivity contribution in [2.24, 2.45) is 0 Å². The first-order chi connectivity index (χ1) is 7.20. The number of methoxy groups -OCH3 is 2. The molecule has 0 aliphatic carbocycles. The van der Waals surface area contributed by atoms with Gasteiger partial charge in [-0.05, 0) is 0 Å². The molecule has 0 bridgehead atoms. The Morgan fingerprint density at radius 1 is 1.20 bits per heavy atom. The van der Waals surface area contributed by atoms with E-state index in [1.54, 1.807) is 0 Å². The van der Waals surface area contributed by atoms with Gasteiger partial charge in [0.1, 0.15) is 0 Å². The summed E-state index contributed by atoms with van der Waals surface area (Å²) < 4.78 is 10.3. The predicted octanol–water partition coefficient (Wildman–Crippen LogP) is 0.888. The van der Waals surface area contributed by atoms with E-state index in [0.29, 0.717) is 4.60 Å². The van der Waals surface area contributed by atoms with Gasteiger partial charge in [0.25, 0.3) is 0 Å². The molecule has 0 N–H and O–H groups in total. The number of benzene rings is 1. The van der Waals surface area contributed by atoms with Crippen LogP contribution >= 0.6 is 0 Å². The summed E-state index contributed by atoms with van der Waals surface area (Å²) in [7, 11) is 2.88. The number of carbonyl (C=O) groups excluding carboxylic acids is 1. The Morgan fingerprint density at radius 3 is 2.27 bits per heavy atom. The molecular weight excluding hydrogens is 259 g/mol. The predicted molar refractivity (Wildman–Crippen MR) is 59.0 cm³/mol. The Balaban J connectivity index is 3.02. The first kappa shape index (κ1) is 12.0. The fraction of sp³-hybridized carbons (Fsp3) is 0.273. The van der Waals surface area contributed by atoms with Gasteiger partial charge in [0.2, 0.25) is 0 Å². The van der Waals surface area contributed by atoms with Gasteiger partial charge < -0.3 is 0 Å². The van der Waals surface area contributed by atoms with Gasteiger partial charge in [-0.15, -0.1) is 0 Å². The van der Waals surface area contributed by atoms with Crippen LogP contribution in [0.3, 0.4) is 0 Å². The van der Waals surface area contributed by atoms with Crippen LogP contribution < -0.4 is 0 Å². The zero-order valence-electron chi connectivity index (χ0n) is 8.60. The van der Waals surface area contributed by atoms with E-state index in [9.17, 15) is 4.79 Å². The SMILES string of the molecule is COC(=O)C(C(=[Se])OC)c1ccccc1. The molecule has 15 heavy (non-hydrogen) atoms. The minimum atomic E-state index is -0.499. The topological polar surface area (TPSA) is 35.5 Å². The summed E-state index contributed by atoms with van der Waals surface area (Å²) in [5.74, 6) is -0.835. The van der Waals surface area contributed by atoms with Gasteiger partial charge in [-0.25, -0.2) is 0 Å². The molecule has 0 aliphatic heterocycles. The Labute approximate surface area is 96.7 Å². The van der Waals surface area contributed by atoms with Crippen LogP contribution in [0.4, 0.5) is 0 Å². The zero-order chi connectivity index (χ0) is 11.3. The van der Waals surface area contributed by atoms with E-state index in [1.165, 1.54) is 14.2 Å². The molecule has 0 amide bonds. The summed E-state index contributed by atoms with van der Waals surface area (Å²) >= 11 is 2.73. The van der Waals surface area contributed by atoms with Crippen LogP contribution in [0, 0.1) is 0 Å². The van der Waals surface area contributed by atoms with Crippen molar-refractivity contribution in [2.75, 3.05) is 14.2 Å². The quantitative estimate of drug-likeness (QED) is 0.602. The molecule has 0 spiro atoms. The summed E-state index contributed by atoms with van der Waals surface area (Å²) in [5, 5.41) is 0. The third-order valence-corrected chi connectivity index (χ3v) is 2.85. The van der Waals surface area contributed by atoms with Crippen molar-refractivity contribution in [3.05, 3.63) is 35.9 Å². The summed E-state index contributed by atoms with van der Waals surface area (Å²) in [6.07, 6.45) is 0. The maximum atomic E-state index is 11.6. The summed E-state index contributed by atoms with van der Waals surface area (Å²) in [5.41, 5.74) is 0.847. The molecule has 0 fully saturated rings. The molecule has 1 aromatic carbocycles. The van der Waals surface area contributed by atoms with E-state index in [4.69, 9.17) is 9.47 Å². The summed E-state index contributed by atoms with van der Waals surface area (Å²) in [6, 6.07) is 9.35. The molecule has 0 radical (unpaired) electrons. The van der Waals surface area contributed by atoms with Gasteiger partial charge in [0, 0.05) is 0 Å². The molecule has 80 valence electrons. The Bertz CT molecular complexity index is 332. The third kappa shape index (κ3) is 2.91. The van der Waals surface area contributed by atoms with Crippen LogP contribution in [0.15, 0.2) is 30.3 Å². The van der Waals surface area contributed by atoms with Gasteiger partial charge in [-0.3, -0.25) is 0 Å². The molecule has 0 saturated carbocycles. The Hall–Kier alpha value is -1.12. The standard InChI is InChI=1S/C11H12O3Se/c1-13-10(12)9(11(15)14-2)8-6-4-3-5-7-8/h3-7,9H,1-2H3. The van der Waals surface area contributed by atoms with E-state index in [1.807, 2.05) is 30.3 Å². The van der Waals surface area contributed by atoms with Crippen molar-refractivity contribution in [1.82, 2.24) is 0 Å². The second-order valence-corrected chi connectivity index (χ2v) is 3.73. The van der Waals surface area contributed by atoms with E-state index in [0.717, 1.165) is 5.56 Å². The Kier molecular flexibility index (Phi) is 4.53. The second-order valence-electron chi connectivity index (χ2n) is 2.89. The molecule has 4 heteroatoms. The van der Waals surface area contributed by atoms with Crippen molar-refractivity contribution >= 4 is 26.1 Å². The number of rotatable bonds is 4. The third-order valence-electron chi connectivity index (χ3n) is 2.01. The van der Waals surface area contributed by atoms with E-state index in [2.05, 4.69) is 15.6 Å². The van der Waals surface area contributed by atoms with Crippen molar-refractivity contribution in [1.29, 1.82) is 0 Å². The fourth-order valence-electron chi connectivity index (χ4n) is 1.25. The minimum absolute atomic E-state index is 0.336. The number of hydrogen-bond acceptors (Lipinski definition) is 3. The Morgan fingerprint density at radius 2 is 1.80 bits per heavy atom. The van der Waals surface area contributed by atoms with Crippen LogP contribution in [0.5, 0.6) is 0 Å². The maximum absolute atomic E-state index is 11.6. The molecule has 0 aliphatic rings.